The van der Waals surface area contributed by atoms with Crippen molar-refractivity contribution in [2.45, 2.75) is 6.92 Å². The number of nitro groups is 1. The van der Waals surface area contributed by atoms with Gasteiger partial charge in [0.2, 0.25) is 0 Å². The van der Waals surface area contributed by atoms with Crippen LogP contribution in [0.1, 0.15) is 6.92 Å². The number of hydrogen-bond acceptors (Lipinski definition) is 4. The molecule has 1 rings (SSSR count). The van der Waals surface area contributed by atoms with Gasteiger partial charge in [0.1, 0.15) is 0 Å². The molecule has 72 valence electrons. The Balaban J connectivity index is 0.000000424. The van der Waals surface area contributed by atoms with Gasteiger partial charge in [-0.3, -0.25) is 10.1 Å². The van der Waals surface area contributed by atoms with Crippen molar-refractivity contribution in [1.29, 1.82) is 0 Å². The molecule has 1 N–H and O–H groups in total. The van der Waals surface area contributed by atoms with E-state index >= 15 is 0 Å². The van der Waals surface area contributed by atoms with Crippen LogP contribution >= 0.6 is 0 Å². The number of nitrogens with zero attached hydrogens (tertiary/aromatic N) is 2. The molecule has 6 heteroatoms. The fourth-order valence-corrected chi connectivity index (χ4v) is 0.514. The Morgan fingerprint density at radius 1 is 1.77 bits per heavy atom. The van der Waals surface area contributed by atoms with Gasteiger partial charge in [0, 0.05) is 18.9 Å². The summed E-state index contributed by atoms with van der Waals surface area (Å²) in [6, 6.07) is 2.36. The standard InChI is InChI=1S/C5H3FN2O2.C2H6O/c6-5-4(8(9)10)2-1-3-7-5;1-2-3/h1-3H;3H,2H2,1H3. The lowest BCUT2D eigenvalue weighted by molar-refractivity contribution is -0.388. The minimum Gasteiger partial charge on any atom is -0.397 e. The second kappa shape index (κ2) is 6.01. The van der Waals surface area contributed by atoms with Gasteiger partial charge < -0.3 is 5.11 Å². The molecule has 0 spiro atoms. The van der Waals surface area contributed by atoms with Crippen LogP contribution in [-0.2, 0) is 0 Å². The predicted molar refractivity (Wildman–Crippen MR) is 43.6 cm³/mol. The average Bonchev–Trinajstić information content (AvgIpc) is 2.06. The maximum Gasteiger partial charge on any atom is 0.323 e. The molecule has 0 bridgehead atoms. The lowest BCUT2D eigenvalue weighted by atomic mass is 10.4. The van der Waals surface area contributed by atoms with E-state index in [2.05, 4.69) is 4.98 Å². The molecule has 0 saturated heterocycles. The zero-order valence-electron chi connectivity index (χ0n) is 6.98. The summed E-state index contributed by atoms with van der Waals surface area (Å²) in [5, 5.41) is 17.5. The smallest absolute Gasteiger partial charge is 0.323 e. The number of halogens is 1. The summed E-state index contributed by atoms with van der Waals surface area (Å²) < 4.78 is 12.3. The molecule has 0 atom stereocenters. The summed E-state index contributed by atoms with van der Waals surface area (Å²) in [6.07, 6.45) is 1.16. The Morgan fingerprint density at radius 3 is 2.62 bits per heavy atom. The Labute approximate surface area is 74.0 Å². The molecular weight excluding hydrogens is 179 g/mol. The number of rotatable bonds is 1. The van der Waals surface area contributed by atoms with Crippen LogP contribution in [0.3, 0.4) is 0 Å². The Kier molecular flexibility index (Phi) is 5.29. The second-order valence-corrected chi connectivity index (χ2v) is 1.89. The van der Waals surface area contributed by atoms with E-state index in [4.69, 9.17) is 5.11 Å². The highest BCUT2D eigenvalue weighted by Crippen LogP contribution is 2.11. The van der Waals surface area contributed by atoms with E-state index in [0.717, 1.165) is 12.3 Å². The lowest BCUT2D eigenvalue weighted by Gasteiger charge is -1.88. The Morgan fingerprint density at radius 2 is 2.31 bits per heavy atom. The van der Waals surface area contributed by atoms with Crippen LogP contribution in [-0.4, -0.2) is 21.6 Å². The monoisotopic (exact) mass is 188 g/mol. The van der Waals surface area contributed by atoms with Gasteiger partial charge in [0.15, 0.2) is 0 Å². The van der Waals surface area contributed by atoms with Crippen molar-refractivity contribution < 1.29 is 14.4 Å². The van der Waals surface area contributed by atoms with Crippen molar-refractivity contribution >= 4 is 5.69 Å². The highest BCUT2D eigenvalue weighted by Gasteiger charge is 2.11. The summed E-state index contributed by atoms with van der Waals surface area (Å²) in [4.78, 5) is 12.2. The molecule has 0 aromatic carbocycles. The molecule has 0 radical (unpaired) electrons. The van der Waals surface area contributed by atoms with Crippen LogP contribution in [0.15, 0.2) is 18.3 Å². The molecule has 0 aliphatic heterocycles. The molecule has 0 amide bonds. The largest absolute Gasteiger partial charge is 0.397 e. The topological polar surface area (TPSA) is 76.3 Å². The van der Waals surface area contributed by atoms with E-state index in [1.165, 1.54) is 6.07 Å². The van der Waals surface area contributed by atoms with Crippen LogP contribution in [0.25, 0.3) is 0 Å². The van der Waals surface area contributed by atoms with E-state index in [1.807, 2.05) is 0 Å². The van der Waals surface area contributed by atoms with E-state index in [-0.39, 0.29) is 6.61 Å². The third-order valence-corrected chi connectivity index (χ3v) is 0.936. The summed E-state index contributed by atoms with van der Waals surface area (Å²) in [7, 11) is 0. The first kappa shape index (κ1) is 11.4. The van der Waals surface area contributed by atoms with Crippen molar-refractivity contribution in [3.05, 3.63) is 34.4 Å². The highest BCUT2D eigenvalue weighted by molar-refractivity contribution is 5.25. The first-order valence-electron chi connectivity index (χ1n) is 3.49. The van der Waals surface area contributed by atoms with E-state index in [9.17, 15) is 14.5 Å². The first-order chi connectivity index (χ1) is 6.13. The van der Waals surface area contributed by atoms with E-state index < -0.39 is 16.6 Å². The molecule has 13 heavy (non-hydrogen) atoms. The normalized spacial score (nSPS) is 8.54. The minimum absolute atomic E-state index is 0.250. The Bertz CT molecular complexity index is 280. The number of aliphatic hydroxyl groups excluding tert-OH is 1. The maximum absolute atomic E-state index is 12.3. The van der Waals surface area contributed by atoms with Crippen molar-refractivity contribution in [3.8, 4) is 0 Å². The molecule has 0 aliphatic carbocycles. The number of aliphatic hydroxyl groups is 1. The molecule has 0 fully saturated rings. The molecule has 0 saturated carbocycles. The third-order valence-electron chi connectivity index (χ3n) is 0.936. The summed E-state index contributed by atoms with van der Waals surface area (Å²) in [6.45, 7) is 1.93. The van der Waals surface area contributed by atoms with Crippen LogP contribution < -0.4 is 0 Å². The molecular formula is C7H9FN2O3. The SMILES string of the molecule is CCO.O=[N+]([O-])c1cccnc1F. The van der Waals surface area contributed by atoms with Crippen molar-refractivity contribution in [2.24, 2.45) is 0 Å². The van der Waals surface area contributed by atoms with Crippen LogP contribution in [0, 0.1) is 16.1 Å². The van der Waals surface area contributed by atoms with Crippen LogP contribution in [0.4, 0.5) is 10.1 Å². The molecule has 0 aliphatic rings. The summed E-state index contributed by atoms with van der Waals surface area (Å²) in [5.41, 5.74) is -0.595. The van der Waals surface area contributed by atoms with Gasteiger partial charge in [-0.05, 0) is 13.0 Å². The van der Waals surface area contributed by atoms with Gasteiger partial charge in [-0.25, -0.2) is 4.98 Å². The van der Waals surface area contributed by atoms with E-state index in [1.54, 1.807) is 6.92 Å². The lowest BCUT2D eigenvalue weighted by Crippen LogP contribution is -1.93. The Hall–Kier alpha value is -1.56. The molecule has 1 heterocycles. The van der Waals surface area contributed by atoms with Gasteiger partial charge in [-0.15, -0.1) is 0 Å². The maximum atomic E-state index is 12.3. The van der Waals surface area contributed by atoms with Crippen LogP contribution in [0.5, 0.6) is 0 Å². The second-order valence-electron chi connectivity index (χ2n) is 1.89. The first-order valence-corrected chi connectivity index (χ1v) is 3.49. The number of hydrogen-bond donors (Lipinski definition) is 1. The van der Waals surface area contributed by atoms with E-state index in [0.29, 0.717) is 0 Å². The molecule has 1 aromatic heterocycles. The minimum atomic E-state index is -1.05. The zero-order chi connectivity index (χ0) is 10.3. The predicted octanol–water partition coefficient (Wildman–Crippen LogP) is 1.13. The van der Waals surface area contributed by atoms with Gasteiger partial charge in [0.05, 0.1) is 4.92 Å². The van der Waals surface area contributed by atoms with Gasteiger partial charge >= 0.3 is 5.69 Å². The van der Waals surface area contributed by atoms with Gasteiger partial charge in [0.25, 0.3) is 5.95 Å². The van der Waals surface area contributed by atoms with Gasteiger partial charge in [-0.2, -0.15) is 4.39 Å². The summed E-state index contributed by atoms with van der Waals surface area (Å²) in [5.74, 6) is -1.05. The molecule has 1 aromatic rings. The van der Waals surface area contributed by atoms with Crippen LogP contribution in [0.2, 0.25) is 0 Å². The average molecular weight is 188 g/mol. The van der Waals surface area contributed by atoms with Crippen molar-refractivity contribution in [3.63, 3.8) is 0 Å². The third kappa shape index (κ3) is 4.12. The summed E-state index contributed by atoms with van der Waals surface area (Å²) >= 11 is 0. The van der Waals surface area contributed by atoms with Gasteiger partial charge in [-0.1, -0.05) is 0 Å². The zero-order valence-corrected chi connectivity index (χ0v) is 6.98. The fourth-order valence-electron chi connectivity index (χ4n) is 0.514. The van der Waals surface area contributed by atoms with Crippen molar-refractivity contribution in [2.75, 3.05) is 6.61 Å². The quantitative estimate of drug-likeness (QED) is 0.407. The highest BCUT2D eigenvalue weighted by atomic mass is 19.1. The molecule has 5 nitrogen and oxygen atoms in total. The number of aromatic nitrogens is 1. The number of pyridine rings is 1. The fraction of sp³-hybridized carbons (Fsp3) is 0.286. The van der Waals surface area contributed by atoms with Crippen molar-refractivity contribution in [1.82, 2.24) is 4.98 Å². The molecule has 0 unspecified atom stereocenters.